The first-order valence-electron chi connectivity index (χ1n) is 5.21. The van der Waals surface area contributed by atoms with E-state index in [4.69, 9.17) is 4.74 Å². The molecule has 0 rings (SSSR count). The van der Waals surface area contributed by atoms with Gasteiger partial charge in [-0.3, -0.25) is 4.79 Å². The minimum absolute atomic E-state index is 0.0353. The lowest BCUT2D eigenvalue weighted by molar-refractivity contribution is -0.151. The lowest BCUT2D eigenvalue weighted by Gasteiger charge is -2.24. The molecule has 0 aromatic carbocycles. The third-order valence-corrected chi connectivity index (χ3v) is 2.53. The minimum atomic E-state index is -0.0353. The fourth-order valence-electron chi connectivity index (χ4n) is 1.65. The van der Waals surface area contributed by atoms with Gasteiger partial charge in [-0.15, -0.1) is 0 Å². The van der Waals surface area contributed by atoms with Crippen LogP contribution in [0.5, 0.6) is 0 Å². The van der Waals surface area contributed by atoms with E-state index in [0.29, 0.717) is 18.4 Å². The Bertz CT molecular complexity index is 152. The Balaban J connectivity index is 4.32. The molecular weight excluding hydrogens is 164 g/mol. The highest BCUT2D eigenvalue weighted by molar-refractivity contribution is 5.73. The summed E-state index contributed by atoms with van der Waals surface area (Å²) in [6.07, 6.45) is 1.03. The number of carbonyl (C=O) groups excluding carboxylic acids is 1. The monoisotopic (exact) mass is 186 g/mol. The van der Waals surface area contributed by atoms with Crippen LogP contribution in [0.3, 0.4) is 0 Å². The van der Waals surface area contributed by atoms with Crippen LogP contribution < -0.4 is 0 Å². The molecule has 0 spiro atoms. The van der Waals surface area contributed by atoms with Crippen molar-refractivity contribution < 1.29 is 9.53 Å². The first kappa shape index (κ1) is 12.5. The molecule has 2 unspecified atom stereocenters. The zero-order chi connectivity index (χ0) is 10.4. The van der Waals surface area contributed by atoms with Gasteiger partial charge in [0.15, 0.2) is 0 Å². The molecule has 0 aromatic heterocycles. The Kier molecular flexibility index (Phi) is 5.76. The quantitative estimate of drug-likeness (QED) is 0.617. The fourth-order valence-corrected chi connectivity index (χ4v) is 1.65. The van der Waals surface area contributed by atoms with Gasteiger partial charge in [0.05, 0.1) is 12.5 Å². The molecule has 0 saturated heterocycles. The van der Waals surface area contributed by atoms with Crippen molar-refractivity contribution in [2.24, 2.45) is 17.8 Å². The molecule has 13 heavy (non-hydrogen) atoms. The predicted molar refractivity (Wildman–Crippen MR) is 54.4 cm³/mol. The van der Waals surface area contributed by atoms with E-state index < -0.39 is 0 Å². The van der Waals surface area contributed by atoms with Crippen LogP contribution in [-0.4, -0.2) is 12.6 Å². The summed E-state index contributed by atoms with van der Waals surface area (Å²) in [5, 5.41) is 0. The van der Waals surface area contributed by atoms with E-state index in [1.807, 2.05) is 6.92 Å². The number of hydrogen-bond donors (Lipinski definition) is 0. The molecule has 2 heteroatoms. The molecule has 0 aliphatic carbocycles. The Morgan fingerprint density at radius 2 is 1.77 bits per heavy atom. The van der Waals surface area contributed by atoms with E-state index in [9.17, 15) is 4.79 Å². The van der Waals surface area contributed by atoms with Crippen molar-refractivity contribution in [3.05, 3.63) is 0 Å². The van der Waals surface area contributed by atoms with E-state index in [2.05, 4.69) is 27.7 Å². The molecule has 0 fully saturated rings. The Labute approximate surface area is 81.7 Å². The Morgan fingerprint density at radius 1 is 1.23 bits per heavy atom. The molecule has 0 aliphatic rings. The van der Waals surface area contributed by atoms with Crippen LogP contribution in [0.25, 0.3) is 0 Å². The Hall–Kier alpha value is -0.530. The van der Waals surface area contributed by atoms with Gasteiger partial charge in [0.1, 0.15) is 0 Å². The highest BCUT2D eigenvalue weighted by atomic mass is 16.5. The second kappa shape index (κ2) is 6.01. The normalized spacial score (nSPS) is 15.5. The van der Waals surface area contributed by atoms with Crippen molar-refractivity contribution in [1.29, 1.82) is 0 Å². The van der Waals surface area contributed by atoms with Crippen molar-refractivity contribution >= 4 is 5.97 Å². The zero-order valence-electron chi connectivity index (χ0n) is 9.46. The van der Waals surface area contributed by atoms with Gasteiger partial charge in [-0.2, -0.15) is 0 Å². The first-order chi connectivity index (χ1) is 6.04. The van der Waals surface area contributed by atoms with Crippen LogP contribution in [0.4, 0.5) is 0 Å². The van der Waals surface area contributed by atoms with Gasteiger partial charge in [0, 0.05) is 0 Å². The van der Waals surface area contributed by atoms with Crippen LogP contribution >= 0.6 is 0 Å². The van der Waals surface area contributed by atoms with Crippen molar-refractivity contribution in [1.82, 2.24) is 0 Å². The standard InChI is InChI=1S/C11H22O2/c1-6-9(5)10(8(3)4)11(12)13-7-2/h8-10H,6-7H2,1-5H3. The van der Waals surface area contributed by atoms with Gasteiger partial charge in [0.2, 0.25) is 0 Å². The molecule has 2 atom stereocenters. The van der Waals surface area contributed by atoms with Gasteiger partial charge >= 0.3 is 5.97 Å². The molecule has 0 saturated carbocycles. The molecular formula is C11H22O2. The summed E-state index contributed by atoms with van der Waals surface area (Å²) in [6.45, 7) is 10.7. The summed E-state index contributed by atoms with van der Waals surface area (Å²) < 4.78 is 5.05. The summed E-state index contributed by atoms with van der Waals surface area (Å²) in [4.78, 5) is 11.6. The predicted octanol–water partition coefficient (Wildman–Crippen LogP) is 2.87. The van der Waals surface area contributed by atoms with Crippen LogP contribution in [0.15, 0.2) is 0 Å². The van der Waals surface area contributed by atoms with Gasteiger partial charge in [-0.1, -0.05) is 34.1 Å². The molecule has 0 heterocycles. The minimum Gasteiger partial charge on any atom is -0.466 e. The van der Waals surface area contributed by atoms with E-state index in [-0.39, 0.29) is 11.9 Å². The maximum absolute atomic E-state index is 11.6. The van der Waals surface area contributed by atoms with Crippen molar-refractivity contribution in [2.75, 3.05) is 6.61 Å². The first-order valence-corrected chi connectivity index (χ1v) is 5.21. The fraction of sp³-hybridized carbons (Fsp3) is 0.909. The van der Waals surface area contributed by atoms with Crippen LogP contribution in [0, 0.1) is 17.8 Å². The number of esters is 1. The van der Waals surface area contributed by atoms with Gasteiger partial charge in [-0.25, -0.2) is 0 Å². The smallest absolute Gasteiger partial charge is 0.309 e. The molecule has 0 aromatic rings. The summed E-state index contributed by atoms with van der Waals surface area (Å²) in [5.74, 6) is 0.810. The second-order valence-corrected chi connectivity index (χ2v) is 3.91. The Morgan fingerprint density at radius 3 is 2.08 bits per heavy atom. The summed E-state index contributed by atoms with van der Waals surface area (Å²) in [6, 6.07) is 0. The maximum atomic E-state index is 11.6. The number of rotatable bonds is 5. The summed E-state index contributed by atoms with van der Waals surface area (Å²) in [5.41, 5.74) is 0. The van der Waals surface area contributed by atoms with E-state index in [1.165, 1.54) is 0 Å². The van der Waals surface area contributed by atoms with Gasteiger partial charge in [-0.05, 0) is 18.8 Å². The van der Waals surface area contributed by atoms with Crippen molar-refractivity contribution in [2.45, 2.75) is 41.0 Å². The molecule has 0 radical (unpaired) electrons. The topological polar surface area (TPSA) is 26.3 Å². The van der Waals surface area contributed by atoms with Gasteiger partial charge in [0.25, 0.3) is 0 Å². The molecule has 0 amide bonds. The molecule has 0 bridgehead atoms. The number of ether oxygens (including phenoxy) is 1. The molecule has 0 aliphatic heterocycles. The maximum Gasteiger partial charge on any atom is 0.309 e. The van der Waals surface area contributed by atoms with Crippen LogP contribution in [-0.2, 0) is 9.53 Å². The van der Waals surface area contributed by atoms with Crippen LogP contribution in [0.2, 0.25) is 0 Å². The lowest BCUT2D eigenvalue weighted by Crippen LogP contribution is -2.28. The third-order valence-electron chi connectivity index (χ3n) is 2.53. The molecule has 0 N–H and O–H groups in total. The largest absolute Gasteiger partial charge is 0.466 e. The summed E-state index contributed by atoms with van der Waals surface area (Å²) >= 11 is 0. The van der Waals surface area contributed by atoms with E-state index in [1.54, 1.807) is 0 Å². The van der Waals surface area contributed by atoms with E-state index in [0.717, 1.165) is 6.42 Å². The number of carbonyl (C=O) groups is 1. The van der Waals surface area contributed by atoms with Crippen LogP contribution in [0.1, 0.15) is 41.0 Å². The SMILES string of the molecule is CCOC(=O)C(C(C)C)C(C)CC. The van der Waals surface area contributed by atoms with E-state index >= 15 is 0 Å². The lowest BCUT2D eigenvalue weighted by atomic mass is 9.83. The molecule has 2 nitrogen and oxygen atoms in total. The third kappa shape index (κ3) is 3.79. The van der Waals surface area contributed by atoms with Crippen molar-refractivity contribution in [3.63, 3.8) is 0 Å². The average molecular weight is 186 g/mol. The average Bonchev–Trinajstić information content (AvgIpc) is 2.04. The number of hydrogen-bond acceptors (Lipinski definition) is 2. The molecule has 78 valence electrons. The second-order valence-electron chi connectivity index (χ2n) is 3.91. The zero-order valence-corrected chi connectivity index (χ0v) is 9.46. The highest BCUT2D eigenvalue weighted by Gasteiger charge is 2.27. The summed E-state index contributed by atoms with van der Waals surface area (Å²) in [7, 11) is 0. The highest BCUT2D eigenvalue weighted by Crippen LogP contribution is 2.24. The van der Waals surface area contributed by atoms with Gasteiger partial charge < -0.3 is 4.74 Å². The van der Waals surface area contributed by atoms with Crippen molar-refractivity contribution in [3.8, 4) is 0 Å².